The summed E-state index contributed by atoms with van der Waals surface area (Å²) >= 11 is 0. The van der Waals surface area contributed by atoms with E-state index in [0.717, 1.165) is 37.6 Å². The van der Waals surface area contributed by atoms with Crippen molar-refractivity contribution < 1.29 is 9.53 Å². The van der Waals surface area contributed by atoms with E-state index in [9.17, 15) is 4.79 Å². The zero-order valence-electron chi connectivity index (χ0n) is 13.7. The minimum absolute atomic E-state index is 0.226. The molecule has 1 aromatic carbocycles. The van der Waals surface area contributed by atoms with Crippen molar-refractivity contribution in [3.05, 3.63) is 30.3 Å². The molecule has 1 amide bonds. The second-order valence-corrected chi connectivity index (χ2v) is 5.76. The molecular weight excluding hydrogens is 292 g/mol. The molecule has 0 bridgehead atoms. The molecule has 3 N–H and O–H groups in total. The Bertz CT molecular complexity index is 519. The summed E-state index contributed by atoms with van der Waals surface area (Å²) < 4.78 is 5.66. The summed E-state index contributed by atoms with van der Waals surface area (Å²) in [5.74, 6) is 1.82. The number of hydrogen-bond acceptors (Lipinski definition) is 3. The van der Waals surface area contributed by atoms with Crippen LogP contribution < -0.4 is 15.8 Å². The topological polar surface area (TPSA) is 80.0 Å². The van der Waals surface area contributed by atoms with Crippen LogP contribution in [0, 0.1) is 5.92 Å². The fourth-order valence-corrected chi connectivity index (χ4v) is 2.89. The Morgan fingerprint density at radius 3 is 2.91 bits per heavy atom. The highest BCUT2D eigenvalue weighted by molar-refractivity contribution is 5.80. The van der Waals surface area contributed by atoms with Crippen LogP contribution in [0.5, 0.6) is 5.75 Å². The van der Waals surface area contributed by atoms with Gasteiger partial charge < -0.3 is 20.7 Å². The first-order valence-corrected chi connectivity index (χ1v) is 8.11. The second kappa shape index (κ2) is 9.02. The second-order valence-electron chi connectivity index (χ2n) is 5.76. The molecule has 1 aromatic rings. The van der Waals surface area contributed by atoms with Gasteiger partial charge in [-0.3, -0.25) is 9.79 Å². The maximum Gasteiger partial charge on any atom is 0.217 e. The molecule has 0 aromatic heterocycles. The molecule has 1 atom stereocenters. The lowest BCUT2D eigenvalue weighted by atomic mass is 9.95. The first-order chi connectivity index (χ1) is 11.2. The average Bonchev–Trinajstić information content (AvgIpc) is 2.55. The third kappa shape index (κ3) is 5.81. The lowest BCUT2D eigenvalue weighted by Crippen LogP contribution is -2.48. The van der Waals surface area contributed by atoms with Gasteiger partial charge in [-0.2, -0.15) is 0 Å². The van der Waals surface area contributed by atoms with E-state index in [0.29, 0.717) is 25.5 Å². The number of aliphatic imine (C=N–C) groups is 1. The van der Waals surface area contributed by atoms with Gasteiger partial charge in [-0.25, -0.2) is 0 Å². The van der Waals surface area contributed by atoms with Crippen LogP contribution >= 0.6 is 0 Å². The van der Waals surface area contributed by atoms with Crippen molar-refractivity contribution in [2.45, 2.75) is 19.3 Å². The number of rotatable bonds is 6. The van der Waals surface area contributed by atoms with E-state index in [1.165, 1.54) is 0 Å². The number of para-hydroxylation sites is 1. The van der Waals surface area contributed by atoms with Gasteiger partial charge in [0.2, 0.25) is 5.91 Å². The summed E-state index contributed by atoms with van der Waals surface area (Å²) in [6.45, 7) is 3.02. The monoisotopic (exact) mass is 318 g/mol. The van der Waals surface area contributed by atoms with Gasteiger partial charge in [-0.1, -0.05) is 18.2 Å². The Hall–Kier alpha value is -2.24. The zero-order valence-corrected chi connectivity index (χ0v) is 13.7. The van der Waals surface area contributed by atoms with Crippen molar-refractivity contribution in [2.75, 3.05) is 33.3 Å². The number of amides is 1. The molecule has 6 nitrogen and oxygen atoms in total. The Kier molecular flexibility index (Phi) is 6.72. The van der Waals surface area contributed by atoms with Crippen molar-refractivity contribution in [3.8, 4) is 5.75 Å². The van der Waals surface area contributed by atoms with Gasteiger partial charge >= 0.3 is 0 Å². The number of carbonyl (C=O) groups excluding carboxylic acids is 1. The number of nitrogens with zero attached hydrogens (tertiary/aromatic N) is 2. The molecule has 1 unspecified atom stereocenters. The number of ether oxygens (including phenoxy) is 1. The quantitative estimate of drug-likeness (QED) is 0.470. The van der Waals surface area contributed by atoms with E-state index in [4.69, 9.17) is 10.5 Å². The van der Waals surface area contributed by atoms with E-state index in [1.54, 1.807) is 7.05 Å². The molecule has 23 heavy (non-hydrogen) atoms. The summed E-state index contributed by atoms with van der Waals surface area (Å²) in [7, 11) is 1.78. The lowest BCUT2D eigenvalue weighted by Gasteiger charge is -2.34. The molecule has 1 saturated heterocycles. The van der Waals surface area contributed by atoms with Crippen molar-refractivity contribution in [3.63, 3.8) is 0 Å². The number of primary amides is 1. The number of benzene rings is 1. The van der Waals surface area contributed by atoms with E-state index >= 15 is 0 Å². The van der Waals surface area contributed by atoms with Crippen LogP contribution in [0.4, 0.5) is 0 Å². The molecule has 1 heterocycles. The molecular formula is C17H26N4O2. The number of hydrogen-bond donors (Lipinski definition) is 2. The van der Waals surface area contributed by atoms with Crippen molar-refractivity contribution in [2.24, 2.45) is 16.6 Å². The minimum Gasteiger partial charge on any atom is -0.492 e. The van der Waals surface area contributed by atoms with Gasteiger partial charge in [0.05, 0.1) is 6.54 Å². The van der Waals surface area contributed by atoms with Crippen LogP contribution in [0.15, 0.2) is 35.3 Å². The van der Waals surface area contributed by atoms with Crippen molar-refractivity contribution in [1.82, 2.24) is 10.2 Å². The maximum atomic E-state index is 11.1. The normalized spacial score (nSPS) is 18.6. The van der Waals surface area contributed by atoms with Crippen molar-refractivity contribution >= 4 is 11.9 Å². The maximum absolute atomic E-state index is 11.1. The first-order valence-electron chi connectivity index (χ1n) is 8.11. The van der Waals surface area contributed by atoms with Crippen LogP contribution in [0.25, 0.3) is 0 Å². The van der Waals surface area contributed by atoms with E-state index in [2.05, 4.69) is 15.2 Å². The fourth-order valence-electron chi connectivity index (χ4n) is 2.89. The summed E-state index contributed by atoms with van der Waals surface area (Å²) in [4.78, 5) is 17.6. The number of likely N-dealkylation sites (tertiary alicyclic amines) is 1. The lowest BCUT2D eigenvalue weighted by molar-refractivity contribution is -0.119. The smallest absolute Gasteiger partial charge is 0.217 e. The summed E-state index contributed by atoms with van der Waals surface area (Å²) in [6.07, 6.45) is 2.55. The molecule has 0 radical (unpaired) electrons. The molecule has 1 aliphatic rings. The molecule has 2 rings (SSSR count). The van der Waals surface area contributed by atoms with E-state index in [-0.39, 0.29) is 5.91 Å². The molecule has 1 fully saturated rings. The third-order valence-corrected chi connectivity index (χ3v) is 3.92. The largest absolute Gasteiger partial charge is 0.492 e. The first kappa shape index (κ1) is 17.1. The van der Waals surface area contributed by atoms with Crippen LogP contribution in [0.1, 0.15) is 19.3 Å². The molecule has 0 spiro atoms. The highest BCUT2D eigenvalue weighted by Gasteiger charge is 2.23. The van der Waals surface area contributed by atoms with Gasteiger partial charge in [0.1, 0.15) is 12.4 Å². The highest BCUT2D eigenvalue weighted by Crippen LogP contribution is 2.19. The number of piperidine rings is 1. The number of guanidine groups is 1. The van der Waals surface area contributed by atoms with Crippen LogP contribution in [0.3, 0.4) is 0 Å². The SMILES string of the molecule is CN=C(NCCOc1ccccc1)N1CCCC(CC(N)=O)C1. The molecule has 126 valence electrons. The Morgan fingerprint density at radius 1 is 1.43 bits per heavy atom. The van der Waals surface area contributed by atoms with Crippen LogP contribution in [0.2, 0.25) is 0 Å². The molecule has 0 aliphatic carbocycles. The average molecular weight is 318 g/mol. The molecule has 6 heteroatoms. The Balaban J connectivity index is 1.75. The predicted octanol–water partition coefficient (Wildman–Crippen LogP) is 1.23. The standard InChI is InChI=1S/C17H26N4O2/c1-19-17(20-9-11-23-15-7-3-2-4-8-15)21-10-5-6-14(13-21)12-16(18)22/h2-4,7-8,14H,5-6,9-13H2,1H3,(H2,18,22)(H,19,20). The third-order valence-electron chi connectivity index (χ3n) is 3.92. The van der Waals surface area contributed by atoms with Gasteiger partial charge in [0.15, 0.2) is 5.96 Å². The number of carbonyl (C=O) groups is 1. The summed E-state index contributed by atoms with van der Waals surface area (Å²) in [5, 5.41) is 3.32. The molecule has 1 aliphatic heterocycles. The van der Waals surface area contributed by atoms with Crippen LogP contribution in [-0.2, 0) is 4.79 Å². The number of nitrogens with two attached hydrogens (primary N) is 1. The van der Waals surface area contributed by atoms with Crippen LogP contribution in [-0.4, -0.2) is 50.1 Å². The summed E-state index contributed by atoms with van der Waals surface area (Å²) in [6, 6.07) is 9.75. The predicted molar refractivity (Wildman–Crippen MR) is 91.4 cm³/mol. The Labute approximate surface area is 137 Å². The fraction of sp³-hybridized carbons (Fsp3) is 0.529. The van der Waals surface area contributed by atoms with Gasteiger partial charge in [0, 0.05) is 26.6 Å². The van der Waals surface area contributed by atoms with Crippen molar-refractivity contribution in [1.29, 1.82) is 0 Å². The highest BCUT2D eigenvalue weighted by atomic mass is 16.5. The van der Waals surface area contributed by atoms with Gasteiger partial charge in [-0.15, -0.1) is 0 Å². The minimum atomic E-state index is -0.226. The van der Waals surface area contributed by atoms with E-state index < -0.39 is 0 Å². The van der Waals surface area contributed by atoms with E-state index in [1.807, 2.05) is 30.3 Å². The van der Waals surface area contributed by atoms with Gasteiger partial charge in [0.25, 0.3) is 0 Å². The Morgan fingerprint density at radius 2 is 2.22 bits per heavy atom. The van der Waals surface area contributed by atoms with Gasteiger partial charge in [-0.05, 0) is 30.9 Å². The zero-order chi connectivity index (χ0) is 16.5. The summed E-state index contributed by atoms with van der Waals surface area (Å²) in [5.41, 5.74) is 5.31. The number of nitrogens with one attached hydrogen (secondary N) is 1. The molecule has 0 saturated carbocycles.